The Morgan fingerprint density at radius 1 is 1.28 bits per heavy atom. The summed E-state index contributed by atoms with van der Waals surface area (Å²) >= 11 is 4.92. The molecular weight excluding hydrogens is 242 g/mol. The lowest BCUT2D eigenvalue weighted by molar-refractivity contribution is 0.552. The Kier molecular flexibility index (Phi) is 4.53. The molecule has 0 aromatic carbocycles. The molecule has 0 amide bonds. The zero-order valence-corrected chi connectivity index (χ0v) is 11.7. The van der Waals surface area contributed by atoms with E-state index < -0.39 is 0 Å². The molecule has 18 heavy (non-hydrogen) atoms. The summed E-state index contributed by atoms with van der Waals surface area (Å²) in [5.74, 6) is 0. The number of rotatable bonds is 3. The minimum Gasteiger partial charge on any atom is -0.388 e. The molecule has 4 heteroatoms. The third kappa shape index (κ3) is 3.19. The average Bonchev–Trinajstić information content (AvgIpc) is 2.67. The van der Waals surface area contributed by atoms with Gasteiger partial charge in [0.25, 0.3) is 0 Å². The van der Waals surface area contributed by atoms with Gasteiger partial charge in [-0.15, -0.1) is 0 Å². The normalized spacial score (nSPS) is 17.2. The first-order valence-electron chi connectivity index (χ1n) is 6.67. The van der Waals surface area contributed by atoms with Crippen molar-refractivity contribution in [3.05, 3.63) is 24.0 Å². The largest absolute Gasteiger partial charge is 0.388 e. The predicted octanol–water partition coefficient (Wildman–Crippen LogP) is 2.87. The molecule has 0 bridgehead atoms. The van der Waals surface area contributed by atoms with E-state index in [4.69, 9.17) is 18.0 Å². The van der Waals surface area contributed by atoms with Crippen LogP contribution in [-0.4, -0.2) is 23.1 Å². The van der Waals surface area contributed by atoms with Crippen LogP contribution in [0.4, 0.5) is 5.69 Å². The van der Waals surface area contributed by atoms with Crippen LogP contribution in [0.25, 0.3) is 0 Å². The minimum absolute atomic E-state index is 0.360. The Labute approximate surface area is 114 Å². The summed E-state index contributed by atoms with van der Waals surface area (Å²) in [6.45, 7) is 0. The SMILES string of the molecule is CN(c1ccc(C(N)=S)nc1)C1CCCCCC1. The fourth-order valence-electron chi connectivity index (χ4n) is 2.60. The molecule has 2 rings (SSSR count). The topological polar surface area (TPSA) is 42.1 Å². The van der Waals surface area contributed by atoms with Crippen LogP contribution < -0.4 is 10.6 Å². The molecule has 0 atom stereocenters. The first kappa shape index (κ1) is 13.3. The zero-order chi connectivity index (χ0) is 13.0. The van der Waals surface area contributed by atoms with Crippen molar-refractivity contribution in [2.24, 2.45) is 5.73 Å². The maximum Gasteiger partial charge on any atom is 0.122 e. The van der Waals surface area contributed by atoms with Gasteiger partial charge >= 0.3 is 0 Å². The highest BCUT2D eigenvalue weighted by Gasteiger charge is 2.17. The van der Waals surface area contributed by atoms with Crippen LogP contribution >= 0.6 is 12.2 Å². The first-order chi connectivity index (χ1) is 8.68. The molecule has 0 spiro atoms. The number of nitrogens with zero attached hydrogens (tertiary/aromatic N) is 2. The molecule has 1 aromatic heterocycles. The molecule has 1 heterocycles. The van der Waals surface area contributed by atoms with Gasteiger partial charge in [0.2, 0.25) is 0 Å². The van der Waals surface area contributed by atoms with Gasteiger partial charge in [0.1, 0.15) is 4.99 Å². The fourth-order valence-corrected chi connectivity index (χ4v) is 2.72. The monoisotopic (exact) mass is 263 g/mol. The Hall–Kier alpha value is -1.16. The minimum atomic E-state index is 0.360. The summed E-state index contributed by atoms with van der Waals surface area (Å²) in [5, 5.41) is 0. The van der Waals surface area contributed by atoms with Gasteiger partial charge in [-0.1, -0.05) is 37.9 Å². The number of anilines is 1. The smallest absolute Gasteiger partial charge is 0.122 e. The van der Waals surface area contributed by atoms with Gasteiger partial charge in [0.05, 0.1) is 17.6 Å². The van der Waals surface area contributed by atoms with Crippen LogP contribution in [0.15, 0.2) is 18.3 Å². The highest BCUT2D eigenvalue weighted by Crippen LogP contribution is 2.24. The molecular formula is C14H21N3S. The number of pyridine rings is 1. The van der Waals surface area contributed by atoms with Gasteiger partial charge in [-0.05, 0) is 25.0 Å². The van der Waals surface area contributed by atoms with Gasteiger partial charge in [0.15, 0.2) is 0 Å². The summed E-state index contributed by atoms with van der Waals surface area (Å²) < 4.78 is 0. The van der Waals surface area contributed by atoms with E-state index in [0.29, 0.717) is 16.7 Å². The van der Waals surface area contributed by atoms with Gasteiger partial charge in [-0.3, -0.25) is 4.98 Å². The van der Waals surface area contributed by atoms with Crippen LogP contribution in [0.2, 0.25) is 0 Å². The third-order valence-electron chi connectivity index (χ3n) is 3.78. The van der Waals surface area contributed by atoms with E-state index in [-0.39, 0.29) is 0 Å². The highest BCUT2D eigenvalue weighted by molar-refractivity contribution is 7.80. The second-order valence-corrected chi connectivity index (χ2v) is 5.46. The molecule has 1 fully saturated rings. The van der Waals surface area contributed by atoms with E-state index in [9.17, 15) is 0 Å². The van der Waals surface area contributed by atoms with E-state index in [1.165, 1.54) is 38.5 Å². The highest BCUT2D eigenvalue weighted by atomic mass is 32.1. The van der Waals surface area contributed by atoms with Gasteiger partial charge in [-0.2, -0.15) is 0 Å². The molecule has 1 saturated carbocycles. The molecule has 0 saturated heterocycles. The quantitative estimate of drug-likeness (QED) is 0.672. The number of aromatic nitrogens is 1. The molecule has 2 N–H and O–H groups in total. The maximum absolute atomic E-state index is 5.56. The first-order valence-corrected chi connectivity index (χ1v) is 7.08. The Balaban J connectivity index is 2.07. The summed E-state index contributed by atoms with van der Waals surface area (Å²) in [6.07, 6.45) is 9.88. The van der Waals surface area contributed by atoms with Crippen LogP contribution in [0, 0.1) is 0 Å². The summed E-state index contributed by atoms with van der Waals surface area (Å²) in [5.41, 5.74) is 7.41. The van der Waals surface area contributed by atoms with Crippen molar-refractivity contribution in [3.63, 3.8) is 0 Å². The average molecular weight is 263 g/mol. The number of nitrogens with two attached hydrogens (primary N) is 1. The maximum atomic E-state index is 5.56. The van der Waals surface area contributed by atoms with E-state index in [1.54, 1.807) is 0 Å². The standard InChI is InChI=1S/C14H21N3S/c1-17(11-6-4-2-3-5-7-11)12-8-9-13(14(15)18)16-10-12/h8-11H,2-7H2,1H3,(H2,15,18). The molecule has 0 aliphatic heterocycles. The van der Waals surface area contributed by atoms with Crippen LogP contribution in [0.1, 0.15) is 44.2 Å². The van der Waals surface area contributed by atoms with E-state index in [1.807, 2.05) is 12.3 Å². The van der Waals surface area contributed by atoms with Crippen molar-refractivity contribution < 1.29 is 0 Å². The van der Waals surface area contributed by atoms with E-state index in [2.05, 4.69) is 23.0 Å². The Morgan fingerprint density at radius 3 is 2.44 bits per heavy atom. The van der Waals surface area contributed by atoms with Crippen LogP contribution in [0.3, 0.4) is 0 Å². The van der Waals surface area contributed by atoms with E-state index >= 15 is 0 Å². The lowest BCUT2D eigenvalue weighted by Gasteiger charge is -2.29. The van der Waals surface area contributed by atoms with Crippen molar-refractivity contribution in [3.8, 4) is 0 Å². The molecule has 1 aliphatic rings. The molecule has 0 radical (unpaired) electrons. The lowest BCUT2D eigenvalue weighted by Crippen LogP contribution is -2.31. The van der Waals surface area contributed by atoms with E-state index in [0.717, 1.165) is 5.69 Å². The summed E-state index contributed by atoms with van der Waals surface area (Å²) in [6, 6.07) is 4.61. The zero-order valence-electron chi connectivity index (χ0n) is 10.9. The summed E-state index contributed by atoms with van der Waals surface area (Å²) in [7, 11) is 2.16. The van der Waals surface area contributed by atoms with Crippen molar-refractivity contribution >= 4 is 22.9 Å². The van der Waals surface area contributed by atoms with Crippen LogP contribution in [0.5, 0.6) is 0 Å². The Bertz CT molecular complexity index is 394. The molecule has 98 valence electrons. The molecule has 3 nitrogen and oxygen atoms in total. The molecule has 1 aromatic rings. The number of hydrogen-bond donors (Lipinski definition) is 1. The predicted molar refractivity (Wildman–Crippen MR) is 80.0 cm³/mol. The van der Waals surface area contributed by atoms with Crippen molar-refractivity contribution in [2.45, 2.75) is 44.6 Å². The Morgan fingerprint density at radius 2 is 1.94 bits per heavy atom. The second-order valence-electron chi connectivity index (χ2n) is 5.02. The van der Waals surface area contributed by atoms with Gasteiger partial charge < -0.3 is 10.6 Å². The van der Waals surface area contributed by atoms with Crippen molar-refractivity contribution in [1.82, 2.24) is 4.98 Å². The number of hydrogen-bond acceptors (Lipinski definition) is 3. The third-order valence-corrected chi connectivity index (χ3v) is 3.99. The molecule has 0 unspecified atom stereocenters. The van der Waals surface area contributed by atoms with Gasteiger partial charge in [-0.25, -0.2) is 0 Å². The second kappa shape index (κ2) is 6.14. The van der Waals surface area contributed by atoms with Gasteiger partial charge in [0, 0.05) is 13.1 Å². The molecule has 1 aliphatic carbocycles. The number of thiocarbonyl (C=S) groups is 1. The van der Waals surface area contributed by atoms with Crippen molar-refractivity contribution in [2.75, 3.05) is 11.9 Å². The van der Waals surface area contributed by atoms with Crippen LogP contribution in [-0.2, 0) is 0 Å². The van der Waals surface area contributed by atoms with Crippen molar-refractivity contribution in [1.29, 1.82) is 0 Å². The lowest BCUT2D eigenvalue weighted by atomic mass is 10.1. The summed E-state index contributed by atoms with van der Waals surface area (Å²) in [4.78, 5) is 7.02. The fraction of sp³-hybridized carbons (Fsp3) is 0.571.